The standard InChI is InChI=1S/C15H28N2O.ClH/c1-2-13(11-12-5-3-4-6-12)15(18)17-9-7-14(16)8-10-17;/h12-14H,2-11,16H2,1H3;1H. The highest BCUT2D eigenvalue weighted by Gasteiger charge is 2.29. The number of rotatable bonds is 4. The molecule has 1 aliphatic carbocycles. The lowest BCUT2D eigenvalue weighted by atomic mass is 9.89. The van der Waals surface area contributed by atoms with Gasteiger partial charge in [-0.2, -0.15) is 0 Å². The van der Waals surface area contributed by atoms with Crippen molar-refractivity contribution in [3.05, 3.63) is 0 Å². The molecule has 0 aromatic heterocycles. The van der Waals surface area contributed by atoms with E-state index >= 15 is 0 Å². The summed E-state index contributed by atoms with van der Waals surface area (Å²) in [6, 6.07) is 0.309. The van der Waals surface area contributed by atoms with E-state index in [9.17, 15) is 4.79 Å². The molecule has 0 radical (unpaired) electrons. The number of piperidine rings is 1. The highest BCUT2D eigenvalue weighted by atomic mass is 35.5. The van der Waals surface area contributed by atoms with E-state index in [4.69, 9.17) is 5.73 Å². The highest BCUT2D eigenvalue weighted by Crippen LogP contribution is 2.32. The van der Waals surface area contributed by atoms with Crippen LogP contribution in [0.25, 0.3) is 0 Å². The molecule has 0 spiro atoms. The van der Waals surface area contributed by atoms with Gasteiger partial charge >= 0.3 is 0 Å². The molecule has 1 unspecified atom stereocenters. The van der Waals surface area contributed by atoms with Crippen molar-refractivity contribution in [1.82, 2.24) is 4.90 Å². The molecule has 1 saturated carbocycles. The van der Waals surface area contributed by atoms with Gasteiger partial charge in [-0.1, -0.05) is 32.6 Å². The second-order valence-electron chi connectivity index (χ2n) is 6.15. The maximum Gasteiger partial charge on any atom is 0.225 e. The van der Waals surface area contributed by atoms with Gasteiger partial charge in [-0.15, -0.1) is 12.4 Å². The second-order valence-corrected chi connectivity index (χ2v) is 6.15. The van der Waals surface area contributed by atoms with Crippen molar-refractivity contribution in [2.24, 2.45) is 17.6 Å². The first-order valence-electron chi connectivity index (χ1n) is 7.75. The van der Waals surface area contributed by atoms with Crippen LogP contribution in [0.5, 0.6) is 0 Å². The first-order chi connectivity index (χ1) is 8.70. The summed E-state index contributed by atoms with van der Waals surface area (Å²) in [4.78, 5) is 14.6. The third-order valence-corrected chi connectivity index (χ3v) is 4.79. The lowest BCUT2D eigenvalue weighted by Crippen LogP contribution is -2.45. The number of hydrogen-bond acceptors (Lipinski definition) is 2. The Balaban J connectivity index is 0.00000180. The summed E-state index contributed by atoms with van der Waals surface area (Å²) >= 11 is 0. The molecule has 1 saturated heterocycles. The van der Waals surface area contributed by atoms with E-state index in [1.54, 1.807) is 0 Å². The van der Waals surface area contributed by atoms with Gasteiger partial charge in [0.15, 0.2) is 0 Å². The van der Waals surface area contributed by atoms with Gasteiger partial charge in [-0.05, 0) is 31.6 Å². The summed E-state index contributed by atoms with van der Waals surface area (Å²) in [7, 11) is 0. The highest BCUT2D eigenvalue weighted by molar-refractivity contribution is 5.85. The van der Waals surface area contributed by atoms with Crippen LogP contribution < -0.4 is 5.73 Å². The molecule has 2 fully saturated rings. The number of carbonyl (C=O) groups excluding carboxylic acids is 1. The molecule has 1 atom stereocenters. The van der Waals surface area contributed by atoms with Crippen LogP contribution in [0.1, 0.15) is 58.3 Å². The summed E-state index contributed by atoms with van der Waals surface area (Å²) in [5.74, 6) is 1.48. The van der Waals surface area contributed by atoms with Gasteiger partial charge < -0.3 is 10.6 Å². The van der Waals surface area contributed by atoms with Crippen LogP contribution in [0.15, 0.2) is 0 Å². The molecule has 0 aromatic rings. The molecule has 0 bridgehead atoms. The van der Waals surface area contributed by atoms with Gasteiger partial charge in [-0.3, -0.25) is 4.79 Å². The zero-order chi connectivity index (χ0) is 13.0. The van der Waals surface area contributed by atoms with Crippen molar-refractivity contribution in [1.29, 1.82) is 0 Å². The van der Waals surface area contributed by atoms with Gasteiger partial charge in [0, 0.05) is 25.0 Å². The summed E-state index contributed by atoms with van der Waals surface area (Å²) in [5, 5.41) is 0. The van der Waals surface area contributed by atoms with E-state index in [1.165, 1.54) is 25.7 Å². The molecule has 1 heterocycles. The van der Waals surface area contributed by atoms with Gasteiger partial charge in [0.25, 0.3) is 0 Å². The lowest BCUT2D eigenvalue weighted by Gasteiger charge is -2.33. The molecule has 112 valence electrons. The molecule has 2 N–H and O–H groups in total. The fourth-order valence-electron chi connectivity index (χ4n) is 3.47. The Morgan fingerprint density at radius 1 is 1.21 bits per heavy atom. The lowest BCUT2D eigenvalue weighted by molar-refractivity contribution is -0.137. The van der Waals surface area contributed by atoms with Crippen molar-refractivity contribution < 1.29 is 4.79 Å². The first-order valence-corrected chi connectivity index (χ1v) is 7.75. The molecule has 19 heavy (non-hydrogen) atoms. The monoisotopic (exact) mass is 288 g/mol. The third-order valence-electron chi connectivity index (χ3n) is 4.79. The molecule has 1 aliphatic heterocycles. The normalized spacial score (nSPS) is 23.2. The van der Waals surface area contributed by atoms with E-state index in [-0.39, 0.29) is 18.3 Å². The fraction of sp³-hybridized carbons (Fsp3) is 0.933. The van der Waals surface area contributed by atoms with Crippen LogP contribution in [0, 0.1) is 11.8 Å². The van der Waals surface area contributed by atoms with E-state index in [2.05, 4.69) is 11.8 Å². The zero-order valence-corrected chi connectivity index (χ0v) is 13.0. The Labute approximate surface area is 123 Å². The van der Waals surface area contributed by atoms with Crippen LogP contribution in [0.2, 0.25) is 0 Å². The topological polar surface area (TPSA) is 46.3 Å². The number of nitrogens with zero attached hydrogens (tertiary/aromatic N) is 1. The fourth-order valence-corrected chi connectivity index (χ4v) is 3.47. The predicted molar refractivity (Wildman–Crippen MR) is 81.4 cm³/mol. The Bertz CT molecular complexity index is 271. The minimum absolute atomic E-state index is 0. The summed E-state index contributed by atoms with van der Waals surface area (Å²) < 4.78 is 0. The summed E-state index contributed by atoms with van der Waals surface area (Å²) in [6.45, 7) is 3.91. The van der Waals surface area contributed by atoms with E-state index in [1.807, 2.05) is 0 Å². The van der Waals surface area contributed by atoms with Gasteiger partial charge in [0.05, 0.1) is 0 Å². The van der Waals surface area contributed by atoms with Crippen molar-refractivity contribution in [2.75, 3.05) is 13.1 Å². The molecule has 3 nitrogen and oxygen atoms in total. The number of carbonyl (C=O) groups is 1. The van der Waals surface area contributed by atoms with E-state index in [0.717, 1.165) is 44.7 Å². The molecule has 2 aliphatic rings. The number of halogens is 1. The Hall–Kier alpha value is -0.280. The van der Waals surface area contributed by atoms with Crippen molar-refractivity contribution >= 4 is 18.3 Å². The predicted octanol–water partition coefficient (Wildman–Crippen LogP) is 2.96. The Morgan fingerprint density at radius 3 is 2.32 bits per heavy atom. The minimum atomic E-state index is 0. The van der Waals surface area contributed by atoms with Crippen molar-refractivity contribution in [3.8, 4) is 0 Å². The van der Waals surface area contributed by atoms with Crippen LogP contribution in [0.3, 0.4) is 0 Å². The number of hydrogen-bond donors (Lipinski definition) is 1. The number of likely N-dealkylation sites (tertiary alicyclic amines) is 1. The maximum absolute atomic E-state index is 12.5. The molecule has 4 heteroatoms. The van der Waals surface area contributed by atoms with Crippen molar-refractivity contribution in [2.45, 2.75) is 64.3 Å². The van der Waals surface area contributed by atoms with Crippen molar-refractivity contribution in [3.63, 3.8) is 0 Å². The number of amides is 1. The quantitative estimate of drug-likeness (QED) is 0.864. The molecule has 0 aromatic carbocycles. The number of nitrogens with two attached hydrogens (primary N) is 1. The van der Waals surface area contributed by atoms with Crippen LogP contribution in [-0.4, -0.2) is 29.9 Å². The van der Waals surface area contributed by atoms with Crippen LogP contribution in [-0.2, 0) is 4.79 Å². The minimum Gasteiger partial charge on any atom is -0.342 e. The van der Waals surface area contributed by atoms with Crippen LogP contribution in [0.4, 0.5) is 0 Å². The van der Waals surface area contributed by atoms with E-state index in [0.29, 0.717) is 11.9 Å². The average Bonchev–Trinajstić information content (AvgIpc) is 2.89. The molecule has 2 rings (SSSR count). The van der Waals surface area contributed by atoms with Gasteiger partial charge in [0.1, 0.15) is 0 Å². The SMILES string of the molecule is CCC(CC1CCCC1)C(=O)N1CCC(N)CC1.Cl. The smallest absolute Gasteiger partial charge is 0.225 e. The van der Waals surface area contributed by atoms with E-state index < -0.39 is 0 Å². The maximum atomic E-state index is 12.5. The first kappa shape index (κ1) is 16.8. The Morgan fingerprint density at radius 2 is 1.79 bits per heavy atom. The zero-order valence-electron chi connectivity index (χ0n) is 12.1. The van der Waals surface area contributed by atoms with Gasteiger partial charge in [0.2, 0.25) is 5.91 Å². The third kappa shape index (κ3) is 4.64. The van der Waals surface area contributed by atoms with Crippen LogP contribution >= 0.6 is 12.4 Å². The molecular formula is C15H29ClN2O. The summed E-state index contributed by atoms with van der Waals surface area (Å²) in [6.07, 6.45) is 9.50. The second kappa shape index (κ2) is 8.11. The van der Waals surface area contributed by atoms with Gasteiger partial charge in [-0.25, -0.2) is 0 Å². The molecule has 1 amide bonds. The Kier molecular flexibility index (Phi) is 7.16. The largest absolute Gasteiger partial charge is 0.342 e. The summed E-state index contributed by atoms with van der Waals surface area (Å²) in [5.41, 5.74) is 5.90. The molecular weight excluding hydrogens is 260 g/mol. The average molecular weight is 289 g/mol.